The Balaban J connectivity index is 2.67. The van der Waals surface area contributed by atoms with E-state index >= 15 is 0 Å². The first-order valence-corrected chi connectivity index (χ1v) is 5.24. The van der Waals surface area contributed by atoms with Crippen molar-refractivity contribution in [1.29, 1.82) is 0 Å². The molecule has 0 fully saturated rings. The molecule has 0 saturated carbocycles. The zero-order valence-corrected chi connectivity index (χ0v) is 10.2. The summed E-state index contributed by atoms with van der Waals surface area (Å²) in [5.41, 5.74) is -1.26. The minimum Gasteiger partial charge on any atom is -0.467 e. The summed E-state index contributed by atoms with van der Waals surface area (Å²) in [5, 5.41) is 12.4. The van der Waals surface area contributed by atoms with E-state index in [4.69, 9.17) is 11.6 Å². The first-order chi connectivity index (χ1) is 7.86. The number of hydrogen-bond acceptors (Lipinski definition) is 4. The van der Waals surface area contributed by atoms with Crippen molar-refractivity contribution in [3.63, 3.8) is 0 Å². The molecule has 6 heteroatoms. The van der Waals surface area contributed by atoms with Crippen LogP contribution in [0.2, 0.25) is 5.02 Å². The van der Waals surface area contributed by atoms with Gasteiger partial charge in [0.2, 0.25) is 0 Å². The molecule has 1 atom stereocenters. The summed E-state index contributed by atoms with van der Waals surface area (Å²) in [6, 6.07) is 4.10. The standard InChI is InChI=1S/C11H13ClFNO3/c1-11(16,10(15)17-2)6-14-7-3-4-8(12)9(13)5-7/h3-5,14,16H,6H2,1-2H3. The van der Waals surface area contributed by atoms with Gasteiger partial charge in [-0.2, -0.15) is 0 Å². The molecule has 0 bridgehead atoms. The van der Waals surface area contributed by atoms with E-state index in [1.54, 1.807) is 6.07 Å². The molecular weight excluding hydrogens is 249 g/mol. The second-order valence-corrected chi connectivity index (χ2v) is 4.16. The largest absolute Gasteiger partial charge is 0.467 e. The molecule has 94 valence electrons. The van der Waals surface area contributed by atoms with Crippen molar-refractivity contribution < 1.29 is 19.0 Å². The maximum absolute atomic E-state index is 13.1. The molecule has 0 aliphatic carbocycles. The Morgan fingerprint density at radius 3 is 2.82 bits per heavy atom. The fraction of sp³-hybridized carbons (Fsp3) is 0.364. The van der Waals surface area contributed by atoms with E-state index in [0.717, 1.165) is 0 Å². The van der Waals surface area contributed by atoms with Gasteiger partial charge in [-0.25, -0.2) is 9.18 Å². The number of esters is 1. The highest BCUT2D eigenvalue weighted by Crippen LogP contribution is 2.19. The van der Waals surface area contributed by atoms with Gasteiger partial charge >= 0.3 is 5.97 Å². The van der Waals surface area contributed by atoms with Crippen LogP contribution in [0.3, 0.4) is 0 Å². The van der Waals surface area contributed by atoms with E-state index in [1.807, 2.05) is 0 Å². The number of hydrogen-bond donors (Lipinski definition) is 2. The highest BCUT2D eigenvalue weighted by molar-refractivity contribution is 6.30. The molecule has 4 nitrogen and oxygen atoms in total. The number of methoxy groups -OCH3 is 1. The Bertz CT molecular complexity index is 423. The minimum atomic E-state index is -1.68. The van der Waals surface area contributed by atoms with Crippen LogP contribution < -0.4 is 5.32 Å². The van der Waals surface area contributed by atoms with Crippen LogP contribution in [0, 0.1) is 5.82 Å². The number of anilines is 1. The summed E-state index contributed by atoms with van der Waals surface area (Å²) in [7, 11) is 1.18. The van der Waals surface area contributed by atoms with Gasteiger partial charge in [0, 0.05) is 5.69 Å². The lowest BCUT2D eigenvalue weighted by atomic mass is 10.1. The Morgan fingerprint density at radius 1 is 1.65 bits per heavy atom. The second-order valence-electron chi connectivity index (χ2n) is 3.75. The number of aliphatic hydroxyl groups is 1. The number of halogens is 2. The first-order valence-electron chi connectivity index (χ1n) is 4.86. The Labute approximate surface area is 103 Å². The normalized spacial score (nSPS) is 13.9. The summed E-state index contributed by atoms with van der Waals surface area (Å²) in [5.74, 6) is -1.34. The number of benzene rings is 1. The van der Waals surface area contributed by atoms with Crippen LogP contribution in [-0.2, 0) is 9.53 Å². The third-order valence-electron chi connectivity index (χ3n) is 2.18. The predicted molar refractivity (Wildman–Crippen MR) is 62.5 cm³/mol. The number of carbonyl (C=O) groups is 1. The molecule has 0 saturated heterocycles. The van der Waals surface area contributed by atoms with Crippen molar-refractivity contribution in [3.8, 4) is 0 Å². The van der Waals surface area contributed by atoms with Gasteiger partial charge in [-0.15, -0.1) is 0 Å². The molecule has 0 aliphatic rings. The van der Waals surface area contributed by atoms with Gasteiger partial charge in [0.15, 0.2) is 5.60 Å². The average Bonchev–Trinajstić information content (AvgIpc) is 2.29. The summed E-state index contributed by atoms with van der Waals surface area (Å²) >= 11 is 5.52. The first kappa shape index (κ1) is 13.7. The Kier molecular flexibility index (Phi) is 4.31. The van der Waals surface area contributed by atoms with Crippen LogP contribution in [0.15, 0.2) is 18.2 Å². The lowest BCUT2D eigenvalue weighted by Gasteiger charge is -2.21. The van der Waals surface area contributed by atoms with E-state index in [0.29, 0.717) is 5.69 Å². The topological polar surface area (TPSA) is 58.6 Å². The van der Waals surface area contributed by atoms with Crippen molar-refractivity contribution in [2.45, 2.75) is 12.5 Å². The molecule has 0 radical (unpaired) electrons. The zero-order valence-electron chi connectivity index (χ0n) is 9.46. The smallest absolute Gasteiger partial charge is 0.339 e. The maximum Gasteiger partial charge on any atom is 0.339 e. The number of ether oxygens (including phenoxy) is 1. The molecule has 0 spiro atoms. The monoisotopic (exact) mass is 261 g/mol. The molecule has 0 heterocycles. The molecular formula is C11H13ClFNO3. The van der Waals surface area contributed by atoms with Crippen molar-refractivity contribution in [1.82, 2.24) is 0 Å². The minimum absolute atomic E-state index is 0.00952. The predicted octanol–water partition coefficient (Wildman–Crippen LogP) is 1.81. The summed E-state index contributed by atoms with van der Waals surface area (Å²) in [4.78, 5) is 11.2. The van der Waals surface area contributed by atoms with Gasteiger partial charge in [0.05, 0.1) is 18.7 Å². The van der Waals surface area contributed by atoms with Crippen molar-refractivity contribution in [2.24, 2.45) is 0 Å². The highest BCUT2D eigenvalue weighted by atomic mass is 35.5. The average molecular weight is 262 g/mol. The number of nitrogens with one attached hydrogen (secondary N) is 1. The molecule has 0 amide bonds. The Morgan fingerprint density at radius 2 is 2.29 bits per heavy atom. The molecule has 1 aromatic rings. The summed E-state index contributed by atoms with van der Waals surface area (Å²) in [6.45, 7) is 1.21. The van der Waals surface area contributed by atoms with Crippen LogP contribution in [0.5, 0.6) is 0 Å². The van der Waals surface area contributed by atoms with Gasteiger partial charge in [0.1, 0.15) is 5.82 Å². The quantitative estimate of drug-likeness (QED) is 0.812. The third-order valence-corrected chi connectivity index (χ3v) is 2.49. The van der Waals surface area contributed by atoms with Gasteiger partial charge in [-0.3, -0.25) is 0 Å². The maximum atomic E-state index is 13.1. The molecule has 1 unspecified atom stereocenters. The van der Waals surface area contributed by atoms with E-state index in [9.17, 15) is 14.3 Å². The highest BCUT2D eigenvalue weighted by Gasteiger charge is 2.31. The van der Waals surface area contributed by atoms with Gasteiger partial charge < -0.3 is 15.2 Å². The third kappa shape index (κ3) is 3.57. The van der Waals surface area contributed by atoms with Gasteiger partial charge in [-0.1, -0.05) is 11.6 Å². The lowest BCUT2D eigenvalue weighted by molar-refractivity contribution is -0.158. The van der Waals surface area contributed by atoms with Crippen LogP contribution in [0.4, 0.5) is 10.1 Å². The fourth-order valence-corrected chi connectivity index (χ4v) is 1.29. The molecule has 0 aliphatic heterocycles. The van der Waals surface area contributed by atoms with Crippen molar-refractivity contribution >= 4 is 23.3 Å². The molecule has 17 heavy (non-hydrogen) atoms. The summed E-state index contributed by atoms with van der Waals surface area (Å²) < 4.78 is 17.5. The SMILES string of the molecule is COC(=O)C(C)(O)CNc1ccc(Cl)c(F)c1. The van der Waals surface area contributed by atoms with E-state index in [1.165, 1.54) is 26.2 Å². The van der Waals surface area contributed by atoms with Crippen LogP contribution in [-0.4, -0.2) is 30.3 Å². The number of rotatable bonds is 4. The van der Waals surface area contributed by atoms with Crippen LogP contribution in [0.1, 0.15) is 6.92 Å². The molecule has 1 aromatic carbocycles. The van der Waals surface area contributed by atoms with E-state index < -0.39 is 17.4 Å². The van der Waals surface area contributed by atoms with Crippen molar-refractivity contribution in [3.05, 3.63) is 29.0 Å². The zero-order chi connectivity index (χ0) is 13.1. The van der Waals surface area contributed by atoms with Crippen molar-refractivity contribution in [2.75, 3.05) is 19.0 Å². The molecule has 2 N–H and O–H groups in total. The van der Waals surface area contributed by atoms with Crippen LogP contribution in [0.25, 0.3) is 0 Å². The lowest BCUT2D eigenvalue weighted by Crippen LogP contribution is -2.42. The fourth-order valence-electron chi connectivity index (χ4n) is 1.17. The molecule has 0 aromatic heterocycles. The second kappa shape index (κ2) is 5.33. The van der Waals surface area contributed by atoms with Gasteiger partial charge in [0.25, 0.3) is 0 Å². The van der Waals surface area contributed by atoms with E-state index in [2.05, 4.69) is 10.1 Å². The molecule has 1 rings (SSSR count). The van der Waals surface area contributed by atoms with Gasteiger partial charge in [-0.05, 0) is 25.1 Å². The van der Waals surface area contributed by atoms with Crippen LogP contribution >= 0.6 is 11.6 Å². The Hall–Kier alpha value is -1.33. The summed E-state index contributed by atoms with van der Waals surface area (Å²) in [6.07, 6.45) is 0. The number of carbonyl (C=O) groups excluding carboxylic acids is 1. The van der Waals surface area contributed by atoms with E-state index in [-0.39, 0.29) is 11.6 Å².